The van der Waals surface area contributed by atoms with Crippen molar-refractivity contribution in [2.75, 3.05) is 6.61 Å². The van der Waals surface area contributed by atoms with E-state index in [4.69, 9.17) is 4.74 Å². The van der Waals surface area contributed by atoms with Gasteiger partial charge in [0.25, 0.3) is 5.91 Å². The van der Waals surface area contributed by atoms with Crippen molar-refractivity contribution in [2.24, 2.45) is 0 Å². The summed E-state index contributed by atoms with van der Waals surface area (Å²) in [6, 6.07) is 13.3. The van der Waals surface area contributed by atoms with E-state index >= 15 is 0 Å². The molecular formula is C26H36N2O3. The van der Waals surface area contributed by atoms with Crippen LogP contribution in [0.4, 0.5) is 0 Å². The number of aryl methyl sites for hydroxylation is 2. The van der Waals surface area contributed by atoms with Gasteiger partial charge in [-0.05, 0) is 63.3 Å². The lowest BCUT2D eigenvalue weighted by molar-refractivity contribution is -0.143. The number of ether oxygens (including phenoxy) is 1. The van der Waals surface area contributed by atoms with E-state index in [1.54, 1.807) is 4.90 Å². The molecule has 2 aromatic rings. The standard InChI is InChI=1S/C26H36N2O3/c1-7-20(5)27-26(30)23(8-2)28(16-22-14-12-18(3)13-15-22)25(29)17-31-24-11-9-10-19(4)21(24)6/h9-15,20,23H,7-8,16-17H2,1-6H3,(H,27,30)/t20-,23+/m0/s1. The van der Waals surface area contributed by atoms with E-state index in [9.17, 15) is 9.59 Å². The van der Waals surface area contributed by atoms with Crippen LogP contribution in [0.15, 0.2) is 42.5 Å². The highest BCUT2D eigenvalue weighted by molar-refractivity contribution is 5.88. The fourth-order valence-electron chi connectivity index (χ4n) is 3.35. The van der Waals surface area contributed by atoms with Gasteiger partial charge >= 0.3 is 0 Å². The summed E-state index contributed by atoms with van der Waals surface area (Å²) in [4.78, 5) is 27.9. The molecule has 0 saturated heterocycles. The molecule has 0 heterocycles. The Hall–Kier alpha value is -2.82. The van der Waals surface area contributed by atoms with Gasteiger partial charge in [0.15, 0.2) is 6.61 Å². The third-order valence-electron chi connectivity index (χ3n) is 5.77. The number of hydrogen-bond acceptors (Lipinski definition) is 3. The Balaban J connectivity index is 2.23. The second kappa shape index (κ2) is 11.5. The Morgan fingerprint density at radius 2 is 1.68 bits per heavy atom. The largest absolute Gasteiger partial charge is 0.483 e. The van der Waals surface area contributed by atoms with Gasteiger partial charge in [-0.1, -0.05) is 55.8 Å². The van der Waals surface area contributed by atoms with E-state index in [0.29, 0.717) is 18.7 Å². The van der Waals surface area contributed by atoms with Crippen LogP contribution in [0.1, 0.15) is 55.9 Å². The van der Waals surface area contributed by atoms with Crippen LogP contribution < -0.4 is 10.1 Å². The number of amides is 2. The lowest BCUT2D eigenvalue weighted by Gasteiger charge is -2.31. The summed E-state index contributed by atoms with van der Waals surface area (Å²) in [7, 11) is 0. The normalized spacial score (nSPS) is 12.7. The molecule has 0 aliphatic rings. The summed E-state index contributed by atoms with van der Waals surface area (Å²) in [5.74, 6) is 0.373. The van der Waals surface area contributed by atoms with E-state index in [2.05, 4.69) is 5.32 Å². The van der Waals surface area contributed by atoms with Crippen LogP contribution in [0.2, 0.25) is 0 Å². The van der Waals surface area contributed by atoms with Crippen molar-refractivity contribution in [1.29, 1.82) is 0 Å². The maximum atomic E-state index is 13.3. The lowest BCUT2D eigenvalue weighted by atomic mass is 10.1. The zero-order valence-electron chi connectivity index (χ0n) is 19.7. The first-order chi connectivity index (χ1) is 14.8. The molecule has 5 heteroatoms. The van der Waals surface area contributed by atoms with Gasteiger partial charge in [-0.2, -0.15) is 0 Å². The van der Waals surface area contributed by atoms with Crippen LogP contribution >= 0.6 is 0 Å². The first-order valence-corrected chi connectivity index (χ1v) is 11.1. The van der Waals surface area contributed by atoms with Crippen molar-refractivity contribution in [3.05, 3.63) is 64.7 Å². The third kappa shape index (κ3) is 6.84. The van der Waals surface area contributed by atoms with Gasteiger partial charge in [0.2, 0.25) is 5.91 Å². The summed E-state index contributed by atoms with van der Waals surface area (Å²) in [6.07, 6.45) is 1.37. The molecule has 0 aromatic heterocycles. The fourth-order valence-corrected chi connectivity index (χ4v) is 3.35. The van der Waals surface area contributed by atoms with Crippen molar-refractivity contribution in [2.45, 2.75) is 73.0 Å². The highest BCUT2D eigenvalue weighted by Gasteiger charge is 2.29. The molecular weight excluding hydrogens is 388 g/mol. The van der Waals surface area contributed by atoms with E-state index < -0.39 is 6.04 Å². The Morgan fingerprint density at radius 3 is 2.29 bits per heavy atom. The Bertz CT molecular complexity index is 877. The van der Waals surface area contributed by atoms with E-state index in [1.807, 2.05) is 84.0 Å². The molecule has 2 aromatic carbocycles. The molecule has 0 aliphatic heterocycles. The summed E-state index contributed by atoms with van der Waals surface area (Å²) < 4.78 is 5.87. The monoisotopic (exact) mass is 424 g/mol. The third-order valence-corrected chi connectivity index (χ3v) is 5.77. The van der Waals surface area contributed by atoms with Crippen molar-refractivity contribution in [3.63, 3.8) is 0 Å². The number of rotatable bonds is 10. The molecule has 0 unspecified atom stereocenters. The number of hydrogen-bond donors (Lipinski definition) is 1. The molecule has 0 spiro atoms. The zero-order valence-corrected chi connectivity index (χ0v) is 19.7. The Morgan fingerprint density at radius 1 is 1.00 bits per heavy atom. The second-order valence-electron chi connectivity index (χ2n) is 8.24. The maximum Gasteiger partial charge on any atom is 0.261 e. The average molecular weight is 425 g/mol. The van der Waals surface area contributed by atoms with Crippen LogP contribution in [0.3, 0.4) is 0 Å². The number of nitrogens with zero attached hydrogens (tertiary/aromatic N) is 1. The highest BCUT2D eigenvalue weighted by atomic mass is 16.5. The Kier molecular flexibility index (Phi) is 9.10. The molecule has 2 atom stereocenters. The maximum absolute atomic E-state index is 13.3. The van der Waals surface area contributed by atoms with Crippen LogP contribution in [0.5, 0.6) is 5.75 Å². The molecule has 31 heavy (non-hydrogen) atoms. The molecule has 2 amide bonds. The van der Waals surface area contributed by atoms with Gasteiger partial charge in [-0.25, -0.2) is 0 Å². The first-order valence-electron chi connectivity index (χ1n) is 11.1. The first kappa shape index (κ1) is 24.4. The summed E-state index contributed by atoms with van der Waals surface area (Å²) in [5.41, 5.74) is 4.27. The molecule has 1 N–H and O–H groups in total. The molecule has 0 aliphatic carbocycles. The number of nitrogens with one attached hydrogen (secondary N) is 1. The SMILES string of the molecule is CC[C@H](C(=O)N[C@@H](C)CC)N(Cc1ccc(C)cc1)C(=O)COc1cccc(C)c1C. The van der Waals surface area contributed by atoms with Crippen molar-refractivity contribution in [1.82, 2.24) is 10.2 Å². The predicted molar refractivity (Wildman–Crippen MR) is 125 cm³/mol. The summed E-state index contributed by atoms with van der Waals surface area (Å²) >= 11 is 0. The quantitative estimate of drug-likeness (QED) is 0.601. The van der Waals surface area contributed by atoms with Gasteiger partial charge in [0.05, 0.1) is 0 Å². The molecule has 2 rings (SSSR count). The zero-order chi connectivity index (χ0) is 23.0. The molecule has 0 saturated carbocycles. The molecule has 5 nitrogen and oxygen atoms in total. The predicted octanol–water partition coefficient (Wildman–Crippen LogP) is 4.71. The van der Waals surface area contributed by atoms with Crippen molar-refractivity contribution in [3.8, 4) is 5.75 Å². The van der Waals surface area contributed by atoms with Crippen LogP contribution in [0, 0.1) is 20.8 Å². The van der Waals surface area contributed by atoms with Crippen molar-refractivity contribution >= 4 is 11.8 Å². The van der Waals surface area contributed by atoms with Gasteiger partial charge in [-0.3, -0.25) is 9.59 Å². The topological polar surface area (TPSA) is 58.6 Å². The fraction of sp³-hybridized carbons (Fsp3) is 0.462. The minimum Gasteiger partial charge on any atom is -0.483 e. The highest BCUT2D eigenvalue weighted by Crippen LogP contribution is 2.21. The van der Waals surface area contributed by atoms with Gasteiger partial charge in [0, 0.05) is 12.6 Å². The summed E-state index contributed by atoms with van der Waals surface area (Å²) in [5, 5.41) is 3.03. The number of benzene rings is 2. The molecule has 168 valence electrons. The van der Waals surface area contributed by atoms with Gasteiger partial charge in [-0.15, -0.1) is 0 Å². The smallest absolute Gasteiger partial charge is 0.261 e. The van der Waals surface area contributed by atoms with Crippen molar-refractivity contribution < 1.29 is 14.3 Å². The molecule has 0 bridgehead atoms. The minimum atomic E-state index is -0.551. The summed E-state index contributed by atoms with van der Waals surface area (Å²) in [6.45, 7) is 12.2. The van der Waals surface area contributed by atoms with Gasteiger partial charge < -0.3 is 15.0 Å². The second-order valence-corrected chi connectivity index (χ2v) is 8.24. The Labute approximate surface area is 186 Å². The number of carbonyl (C=O) groups is 2. The van der Waals surface area contributed by atoms with Crippen LogP contribution in [-0.4, -0.2) is 35.4 Å². The van der Waals surface area contributed by atoms with E-state index in [-0.39, 0.29) is 24.5 Å². The van der Waals surface area contributed by atoms with Crippen LogP contribution in [0.25, 0.3) is 0 Å². The molecule has 0 radical (unpaired) electrons. The van der Waals surface area contributed by atoms with E-state index in [1.165, 1.54) is 0 Å². The lowest BCUT2D eigenvalue weighted by Crippen LogP contribution is -2.51. The molecule has 0 fully saturated rings. The number of carbonyl (C=O) groups excluding carboxylic acids is 2. The average Bonchev–Trinajstić information content (AvgIpc) is 2.75. The van der Waals surface area contributed by atoms with E-state index in [0.717, 1.165) is 28.7 Å². The van der Waals surface area contributed by atoms with Crippen LogP contribution in [-0.2, 0) is 16.1 Å². The van der Waals surface area contributed by atoms with Gasteiger partial charge in [0.1, 0.15) is 11.8 Å². The minimum absolute atomic E-state index is 0.0593.